The lowest BCUT2D eigenvalue weighted by molar-refractivity contribution is 0.628. The van der Waals surface area contributed by atoms with E-state index in [1.165, 1.54) is 12.1 Å². The molecule has 2 aromatic carbocycles. The SMILES string of the molecule is Fc1ccc(-c2cccc3ccc(N4CCN(c5ncnc6nc[nH]c56)CC4)nc23)cc1. The molecule has 8 heteroatoms. The highest BCUT2D eigenvalue weighted by Gasteiger charge is 2.22. The van der Waals surface area contributed by atoms with Crippen molar-refractivity contribution < 1.29 is 4.39 Å². The second-order valence-electron chi connectivity index (χ2n) is 7.83. The van der Waals surface area contributed by atoms with Crippen LogP contribution in [0.25, 0.3) is 33.2 Å². The van der Waals surface area contributed by atoms with Crippen LogP contribution in [0.5, 0.6) is 0 Å². The van der Waals surface area contributed by atoms with Crippen LogP contribution in [0.3, 0.4) is 0 Å². The average molecular weight is 425 g/mol. The van der Waals surface area contributed by atoms with E-state index in [1.54, 1.807) is 24.8 Å². The number of aromatic nitrogens is 5. The molecule has 1 N–H and O–H groups in total. The number of anilines is 2. The zero-order valence-corrected chi connectivity index (χ0v) is 17.2. The molecule has 0 radical (unpaired) electrons. The third-order valence-electron chi connectivity index (χ3n) is 5.97. The van der Waals surface area contributed by atoms with Gasteiger partial charge < -0.3 is 14.8 Å². The number of fused-ring (bicyclic) bond motifs is 2. The minimum absolute atomic E-state index is 0.239. The number of halogens is 1. The van der Waals surface area contributed by atoms with Crippen molar-refractivity contribution >= 4 is 33.7 Å². The molecule has 3 aromatic heterocycles. The molecular weight excluding hydrogens is 405 g/mol. The second-order valence-corrected chi connectivity index (χ2v) is 7.83. The number of aromatic amines is 1. The van der Waals surface area contributed by atoms with Gasteiger partial charge in [-0.25, -0.2) is 24.3 Å². The van der Waals surface area contributed by atoms with E-state index < -0.39 is 0 Å². The fraction of sp³-hybridized carbons (Fsp3) is 0.167. The van der Waals surface area contributed by atoms with Gasteiger partial charge in [-0.2, -0.15) is 0 Å². The monoisotopic (exact) mass is 425 g/mol. The molecule has 0 amide bonds. The molecule has 6 rings (SSSR count). The highest BCUT2D eigenvalue weighted by molar-refractivity contribution is 5.94. The average Bonchev–Trinajstić information content (AvgIpc) is 3.33. The molecule has 1 aliphatic rings. The third-order valence-corrected chi connectivity index (χ3v) is 5.97. The topological polar surface area (TPSA) is 73.8 Å². The number of pyridine rings is 1. The van der Waals surface area contributed by atoms with Gasteiger partial charge in [-0.1, -0.05) is 30.3 Å². The van der Waals surface area contributed by atoms with Gasteiger partial charge >= 0.3 is 0 Å². The number of para-hydroxylation sites is 1. The second kappa shape index (κ2) is 7.56. The number of nitrogens with zero attached hydrogens (tertiary/aromatic N) is 6. The van der Waals surface area contributed by atoms with E-state index in [0.29, 0.717) is 5.65 Å². The van der Waals surface area contributed by atoms with E-state index in [4.69, 9.17) is 4.98 Å². The molecule has 0 spiro atoms. The third kappa shape index (κ3) is 3.20. The van der Waals surface area contributed by atoms with E-state index in [0.717, 1.165) is 65.4 Å². The van der Waals surface area contributed by atoms with Gasteiger partial charge in [0, 0.05) is 37.1 Å². The summed E-state index contributed by atoms with van der Waals surface area (Å²) in [7, 11) is 0. The Morgan fingerprint density at radius 3 is 2.47 bits per heavy atom. The van der Waals surface area contributed by atoms with Gasteiger partial charge in [0.25, 0.3) is 0 Å². The Labute approximate surface area is 183 Å². The summed E-state index contributed by atoms with van der Waals surface area (Å²) in [6, 6.07) is 16.9. The van der Waals surface area contributed by atoms with Gasteiger partial charge in [-0.3, -0.25) is 0 Å². The number of H-pyrrole nitrogens is 1. The molecule has 1 fully saturated rings. The molecule has 0 unspecified atom stereocenters. The molecule has 0 bridgehead atoms. The Morgan fingerprint density at radius 1 is 0.812 bits per heavy atom. The first kappa shape index (κ1) is 18.7. The minimum Gasteiger partial charge on any atom is -0.353 e. The smallest absolute Gasteiger partial charge is 0.182 e. The summed E-state index contributed by atoms with van der Waals surface area (Å²) in [4.78, 5) is 25.6. The van der Waals surface area contributed by atoms with Crippen molar-refractivity contribution in [1.29, 1.82) is 0 Å². The Hall–Kier alpha value is -4.07. The zero-order chi connectivity index (χ0) is 21.5. The highest BCUT2D eigenvalue weighted by Crippen LogP contribution is 2.30. The molecule has 0 aliphatic carbocycles. The van der Waals surface area contributed by atoms with Crippen LogP contribution < -0.4 is 9.80 Å². The first-order valence-corrected chi connectivity index (χ1v) is 10.6. The number of benzene rings is 2. The summed E-state index contributed by atoms with van der Waals surface area (Å²) in [5.41, 5.74) is 4.44. The minimum atomic E-state index is -0.239. The largest absolute Gasteiger partial charge is 0.353 e. The maximum absolute atomic E-state index is 13.4. The van der Waals surface area contributed by atoms with E-state index in [-0.39, 0.29) is 5.82 Å². The first-order valence-electron chi connectivity index (χ1n) is 10.6. The summed E-state index contributed by atoms with van der Waals surface area (Å²) < 4.78 is 13.4. The standard InChI is InChI=1S/C24H20FN7/c25-18-7-4-16(5-8-18)19-3-1-2-17-6-9-20(30-21(17)19)31-10-12-32(13-11-31)24-22-23(27-14-26-22)28-15-29-24/h1-9,14-15H,10-13H2,(H,26,27,28,29). The number of rotatable bonds is 3. The van der Waals surface area contributed by atoms with E-state index in [9.17, 15) is 4.39 Å². The van der Waals surface area contributed by atoms with Crippen molar-refractivity contribution in [3.05, 3.63) is 73.1 Å². The fourth-order valence-corrected chi connectivity index (χ4v) is 4.31. The van der Waals surface area contributed by atoms with Gasteiger partial charge in [0.2, 0.25) is 0 Å². The molecule has 7 nitrogen and oxygen atoms in total. The van der Waals surface area contributed by atoms with Crippen LogP contribution >= 0.6 is 0 Å². The van der Waals surface area contributed by atoms with Gasteiger partial charge in [0.1, 0.15) is 23.5 Å². The Morgan fingerprint density at radius 2 is 1.62 bits per heavy atom. The maximum Gasteiger partial charge on any atom is 0.182 e. The normalized spacial score (nSPS) is 14.4. The molecule has 1 aliphatic heterocycles. The van der Waals surface area contributed by atoms with Crippen molar-refractivity contribution in [3.8, 4) is 11.1 Å². The van der Waals surface area contributed by atoms with Crippen molar-refractivity contribution in [3.63, 3.8) is 0 Å². The summed E-state index contributed by atoms with van der Waals surface area (Å²) in [5, 5.41) is 1.07. The van der Waals surface area contributed by atoms with Crippen molar-refractivity contribution in [2.24, 2.45) is 0 Å². The van der Waals surface area contributed by atoms with Crippen LogP contribution in [-0.2, 0) is 0 Å². The molecule has 32 heavy (non-hydrogen) atoms. The van der Waals surface area contributed by atoms with Crippen molar-refractivity contribution in [2.45, 2.75) is 0 Å². The number of imidazole rings is 1. The molecule has 0 atom stereocenters. The number of nitrogens with one attached hydrogen (secondary N) is 1. The fourth-order valence-electron chi connectivity index (χ4n) is 4.31. The molecule has 1 saturated heterocycles. The predicted octanol–water partition coefficient (Wildman–Crippen LogP) is 4.03. The molecule has 4 heterocycles. The van der Waals surface area contributed by atoms with Crippen molar-refractivity contribution in [1.82, 2.24) is 24.9 Å². The van der Waals surface area contributed by atoms with Crippen LogP contribution in [0.2, 0.25) is 0 Å². The van der Waals surface area contributed by atoms with Crippen LogP contribution in [0.15, 0.2) is 67.3 Å². The Bertz CT molecular complexity index is 1410. The lowest BCUT2D eigenvalue weighted by Gasteiger charge is -2.36. The van der Waals surface area contributed by atoms with Crippen LogP contribution in [0.1, 0.15) is 0 Å². The number of hydrogen-bond donors (Lipinski definition) is 1. The molecule has 158 valence electrons. The van der Waals surface area contributed by atoms with Gasteiger partial charge in [0.05, 0.1) is 11.8 Å². The lowest BCUT2D eigenvalue weighted by Crippen LogP contribution is -2.47. The van der Waals surface area contributed by atoms with E-state index >= 15 is 0 Å². The summed E-state index contributed by atoms with van der Waals surface area (Å²) in [6.07, 6.45) is 3.21. The number of hydrogen-bond acceptors (Lipinski definition) is 6. The van der Waals surface area contributed by atoms with Gasteiger partial charge in [-0.15, -0.1) is 0 Å². The number of piperazine rings is 1. The summed E-state index contributed by atoms with van der Waals surface area (Å²) in [6.45, 7) is 3.31. The highest BCUT2D eigenvalue weighted by atomic mass is 19.1. The summed E-state index contributed by atoms with van der Waals surface area (Å²) in [5.74, 6) is 1.59. The molecular formula is C24H20FN7. The lowest BCUT2D eigenvalue weighted by atomic mass is 10.0. The Balaban J connectivity index is 1.28. The first-order chi connectivity index (χ1) is 15.8. The quantitative estimate of drug-likeness (QED) is 0.470. The van der Waals surface area contributed by atoms with Crippen molar-refractivity contribution in [2.75, 3.05) is 36.0 Å². The maximum atomic E-state index is 13.4. The molecule has 0 saturated carbocycles. The van der Waals surface area contributed by atoms with E-state index in [2.05, 4.69) is 47.9 Å². The predicted molar refractivity (Wildman–Crippen MR) is 123 cm³/mol. The van der Waals surface area contributed by atoms with Gasteiger partial charge in [-0.05, 0) is 29.8 Å². The van der Waals surface area contributed by atoms with E-state index in [1.807, 2.05) is 12.1 Å². The van der Waals surface area contributed by atoms with Crippen LogP contribution in [0, 0.1) is 5.82 Å². The Kier molecular flexibility index (Phi) is 4.41. The van der Waals surface area contributed by atoms with Gasteiger partial charge in [0.15, 0.2) is 11.5 Å². The van der Waals surface area contributed by atoms with Crippen LogP contribution in [-0.4, -0.2) is 51.1 Å². The molecule has 5 aromatic rings. The van der Waals surface area contributed by atoms with Crippen LogP contribution in [0.4, 0.5) is 16.0 Å². The zero-order valence-electron chi connectivity index (χ0n) is 17.2. The summed E-state index contributed by atoms with van der Waals surface area (Å²) >= 11 is 0.